The van der Waals surface area contributed by atoms with Crippen molar-refractivity contribution in [2.75, 3.05) is 13.1 Å². The average molecular weight is 507 g/mol. The SMILES string of the molecule is Cc1nc2sccn2c1OC(=O)NC[C@@H]1[C@H]2C[C@H]2CN1C(=O)c1ccccc1-c1cccc(Cl)c1. The molecular formula is C26H23ClN4O3S. The van der Waals surface area contributed by atoms with Gasteiger partial charge in [0, 0.05) is 35.3 Å². The Morgan fingerprint density at radius 3 is 2.94 bits per heavy atom. The fraction of sp³-hybridized carbons (Fsp3) is 0.269. The van der Waals surface area contributed by atoms with Crippen LogP contribution in [-0.4, -0.2) is 45.4 Å². The molecule has 0 radical (unpaired) electrons. The van der Waals surface area contributed by atoms with Crippen molar-refractivity contribution in [2.45, 2.75) is 19.4 Å². The van der Waals surface area contributed by atoms with E-state index in [9.17, 15) is 9.59 Å². The minimum absolute atomic E-state index is 0.0282. The van der Waals surface area contributed by atoms with E-state index in [1.807, 2.05) is 71.9 Å². The first-order valence-electron chi connectivity index (χ1n) is 11.5. The van der Waals surface area contributed by atoms with Gasteiger partial charge in [-0.05, 0) is 54.5 Å². The maximum absolute atomic E-state index is 13.7. The summed E-state index contributed by atoms with van der Waals surface area (Å²) in [6.07, 6.45) is 2.36. The van der Waals surface area contributed by atoms with Gasteiger partial charge >= 0.3 is 6.09 Å². The molecule has 3 atom stereocenters. The third-order valence-electron chi connectivity index (χ3n) is 6.88. The summed E-state index contributed by atoms with van der Waals surface area (Å²) in [6, 6.07) is 15.1. The molecule has 1 aliphatic carbocycles. The number of hydrogen-bond acceptors (Lipinski definition) is 5. The molecule has 0 unspecified atom stereocenters. The molecule has 9 heteroatoms. The van der Waals surface area contributed by atoms with E-state index < -0.39 is 6.09 Å². The summed E-state index contributed by atoms with van der Waals surface area (Å²) in [4.78, 5) is 33.4. The Labute approximate surface area is 211 Å². The molecule has 3 heterocycles. The second kappa shape index (κ2) is 8.70. The zero-order chi connectivity index (χ0) is 24.1. The van der Waals surface area contributed by atoms with Gasteiger partial charge in [0.05, 0.1) is 6.04 Å². The van der Waals surface area contributed by atoms with Gasteiger partial charge in [-0.2, -0.15) is 0 Å². The van der Waals surface area contributed by atoms with E-state index >= 15 is 0 Å². The number of imidazole rings is 1. The van der Waals surface area contributed by atoms with Gasteiger partial charge in [0.15, 0.2) is 4.96 Å². The Morgan fingerprint density at radius 1 is 1.23 bits per heavy atom. The van der Waals surface area contributed by atoms with Crippen molar-refractivity contribution in [3.05, 3.63) is 76.4 Å². The van der Waals surface area contributed by atoms with Crippen LogP contribution in [0.15, 0.2) is 60.1 Å². The fourth-order valence-electron chi connectivity index (χ4n) is 5.11. The maximum atomic E-state index is 13.7. The lowest BCUT2D eigenvalue weighted by Gasteiger charge is -2.28. The molecule has 1 aliphatic heterocycles. The Hall–Kier alpha value is -3.36. The number of aryl methyl sites for hydroxylation is 1. The lowest BCUT2D eigenvalue weighted by molar-refractivity contribution is 0.0705. The lowest BCUT2D eigenvalue weighted by atomic mass is 9.98. The minimum atomic E-state index is -0.545. The third kappa shape index (κ3) is 4.06. The summed E-state index contributed by atoms with van der Waals surface area (Å²) in [5.41, 5.74) is 3.05. The Morgan fingerprint density at radius 2 is 2.09 bits per heavy atom. The smallest absolute Gasteiger partial charge is 0.391 e. The number of carbonyl (C=O) groups excluding carboxylic acids is 2. The highest BCUT2D eigenvalue weighted by molar-refractivity contribution is 7.15. The number of carbonyl (C=O) groups is 2. The maximum Gasteiger partial charge on any atom is 0.414 e. The number of fused-ring (bicyclic) bond motifs is 2. The number of likely N-dealkylation sites (tertiary alicyclic amines) is 1. The standard InChI is InChI=1S/C26H23ClN4O3S/c1-15-24(30-9-10-35-25(30)29-15)34-26(33)28-13-22-21-12-17(21)14-31(22)23(32)20-8-3-2-7-19(20)16-5-4-6-18(27)11-16/h2-11,17,21-22H,12-14H2,1H3,(H,28,33)/t17-,21-,22+/m0/s1. The molecule has 2 amide bonds. The van der Waals surface area contributed by atoms with Crippen LogP contribution in [0.25, 0.3) is 16.1 Å². The molecule has 4 aromatic rings. The quantitative estimate of drug-likeness (QED) is 0.400. The van der Waals surface area contributed by atoms with Crippen molar-refractivity contribution in [3.8, 4) is 17.0 Å². The minimum Gasteiger partial charge on any atom is -0.391 e. The fourth-order valence-corrected chi connectivity index (χ4v) is 6.05. The summed E-state index contributed by atoms with van der Waals surface area (Å²) < 4.78 is 7.33. The van der Waals surface area contributed by atoms with Crippen LogP contribution >= 0.6 is 22.9 Å². The number of nitrogens with zero attached hydrogens (tertiary/aromatic N) is 3. The number of nitrogens with one attached hydrogen (secondary N) is 1. The highest BCUT2D eigenvalue weighted by Gasteiger charge is 2.54. The Balaban J connectivity index is 1.18. The number of rotatable bonds is 5. The van der Waals surface area contributed by atoms with Crippen molar-refractivity contribution in [2.24, 2.45) is 11.8 Å². The topological polar surface area (TPSA) is 75.9 Å². The first-order valence-corrected chi connectivity index (χ1v) is 12.8. The summed E-state index contributed by atoms with van der Waals surface area (Å²) in [5.74, 6) is 1.28. The zero-order valence-electron chi connectivity index (χ0n) is 19.0. The van der Waals surface area contributed by atoms with Crippen molar-refractivity contribution < 1.29 is 14.3 Å². The highest BCUT2D eigenvalue weighted by atomic mass is 35.5. The van der Waals surface area contributed by atoms with Crippen LogP contribution in [0.1, 0.15) is 22.5 Å². The second-order valence-corrected chi connectivity index (χ2v) is 10.4. The van der Waals surface area contributed by atoms with Crippen LogP contribution < -0.4 is 10.1 Å². The number of aromatic nitrogens is 2. The molecule has 0 bridgehead atoms. The van der Waals surface area contributed by atoms with Gasteiger partial charge in [-0.25, -0.2) is 9.78 Å². The second-order valence-electron chi connectivity index (χ2n) is 9.07. The third-order valence-corrected chi connectivity index (χ3v) is 7.87. The number of thiazole rings is 1. The molecule has 7 nitrogen and oxygen atoms in total. The number of hydrogen-bond donors (Lipinski definition) is 1. The van der Waals surface area contributed by atoms with E-state index in [1.54, 1.807) is 4.40 Å². The van der Waals surface area contributed by atoms with E-state index in [1.165, 1.54) is 11.3 Å². The molecule has 2 aliphatic rings. The molecular weight excluding hydrogens is 484 g/mol. The zero-order valence-corrected chi connectivity index (χ0v) is 20.6. The van der Waals surface area contributed by atoms with E-state index in [4.69, 9.17) is 16.3 Å². The normalized spacial score (nSPS) is 20.6. The van der Waals surface area contributed by atoms with Gasteiger partial charge in [-0.3, -0.25) is 9.20 Å². The number of benzene rings is 2. The van der Waals surface area contributed by atoms with Gasteiger partial charge in [0.25, 0.3) is 5.91 Å². The van der Waals surface area contributed by atoms with E-state index in [0.29, 0.717) is 47.1 Å². The van der Waals surface area contributed by atoms with Gasteiger partial charge in [-0.1, -0.05) is 41.9 Å². The number of piperidine rings is 1. The van der Waals surface area contributed by atoms with Crippen molar-refractivity contribution in [1.29, 1.82) is 0 Å². The largest absolute Gasteiger partial charge is 0.414 e. The summed E-state index contributed by atoms with van der Waals surface area (Å²) in [5, 5.41) is 5.40. The lowest BCUT2D eigenvalue weighted by Crippen LogP contribution is -2.46. The van der Waals surface area contributed by atoms with E-state index in [-0.39, 0.29) is 11.9 Å². The number of halogens is 1. The molecule has 2 aromatic carbocycles. The average Bonchev–Trinajstić information content (AvgIpc) is 3.17. The summed E-state index contributed by atoms with van der Waals surface area (Å²) in [7, 11) is 0. The molecule has 2 fully saturated rings. The number of ether oxygens (including phenoxy) is 1. The van der Waals surface area contributed by atoms with Crippen LogP contribution in [-0.2, 0) is 0 Å². The molecule has 178 valence electrons. The Bertz CT molecular complexity index is 1450. The molecule has 1 saturated carbocycles. The van der Waals surface area contributed by atoms with E-state index in [0.717, 1.165) is 22.5 Å². The first kappa shape index (κ1) is 22.1. The molecule has 2 aromatic heterocycles. The Kier molecular flexibility index (Phi) is 5.50. The summed E-state index contributed by atoms with van der Waals surface area (Å²) >= 11 is 7.69. The predicted octanol–water partition coefficient (Wildman–Crippen LogP) is 5.27. The highest BCUT2D eigenvalue weighted by Crippen LogP contribution is 2.50. The van der Waals surface area contributed by atoms with Crippen molar-refractivity contribution >= 4 is 39.9 Å². The van der Waals surface area contributed by atoms with Crippen LogP contribution in [0, 0.1) is 18.8 Å². The summed E-state index contributed by atoms with van der Waals surface area (Å²) in [6.45, 7) is 2.85. The van der Waals surface area contributed by atoms with Gasteiger partial charge in [0.1, 0.15) is 5.69 Å². The van der Waals surface area contributed by atoms with E-state index in [2.05, 4.69) is 10.3 Å². The monoisotopic (exact) mass is 506 g/mol. The number of amides is 2. The first-order chi connectivity index (χ1) is 17.0. The van der Waals surface area contributed by atoms with Crippen molar-refractivity contribution in [1.82, 2.24) is 19.6 Å². The molecule has 1 N–H and O–H groups in total. The van der Waals surface area contributed by atoms with Gasteiger partial charge in [0.2, 0.25) is 5.88 Å². The molecule has 1 saturated heterocycles. The van der Waals surface area contributed by atoms with Crippen LogP contribution in [0.3, 0.4) is 0 Å². The van der Waals surface area contributed by atoms with Crippen molar-refractivity contribution in [3.63, 3.8) is 0 Å². The van der Waals surface area contributed by atoms with Crippen LogP contribution in [0.2, 0.25) is 5.02 Å². The van der Waals surface area contributed by atoms with Gasteiger partial charge in [-0.15, -0.1) is 11.3 Å². The molecule has 6 rings (SSSR count). The molecule has 0 spiro atoms. The van der Waals surface area contributed by atoms with Crippen LogP contribution in [0.4, 0.5) is 4.79 Å². The predicted molar refractivity (Wildman–Crippen MR) is 135 cm³/mol. The van der Waals surface area contributed by atoms with Gasteiger partial charge < -0.3 is 15.0 Å². The van der Waals surface area contributed by atoms with Crippen LogP contribution in [0.5, 0.6) is 5.88 Å². The molecule has 35 heavy (non-hydrogen) atoms.